The molecule has 4 unspecified atom stereocenters. The molecule has 0 aromatic heterocycles. The molecule has 0 spiro atoms. The summed E-state index contributed by atoms with van der Waals surface area (Å²) in [6.07, 6.45) is 34.3. The Morgan fingerprint density at radius 3 is 1.31 bits per heavy atom. The summed E-state index contributed by atoms with van der Waals surface area (Å²) in [4.78, 5) is 25.8. The van der Waals surface area contributed by atoms with Crippen LogP contribution in [-0.2, 0) is 38.0 Å². The number of aliphatic hydroxyl groups is 7. The Kier molecular flexibility index (Phi) is 36.6. The van der Waals surface area contributed by atoms with E-state index in [1.807, 2.05) is 0 Å². The molecule has 2 aliphatic rings. The van der Waals surface area contributed by atoms with Gasteiger partial charge in [0.2, 0.25) is 0 Å². The highest BCUT2D eigenvalue weighted by molar-refractivity contribution is 5.70. The highest BCUT2D eigenvalue weighted by atomic mass is 16.7. The van der Waals surface area contributed by atoms with Crippen LogP contribution >= 0.6 is 0 Å². The first kappa shape index (κ1) is 62.5. The normalized spacial score (nSPS) is 26.2. The van der Waals surface area contributed by atoms with Crippen LogP contribution in [0.3, 0.4) is 0 Å². The first-order valence-corrected chi connectivity index (χ1v) is 25.8. The average molecular weight is 989 g/mol. The van der Waals surface area contributed by atoms with Crippen molar-refractivity contribution in [3.63, 3.8) is 0 Å². The maximum absolute atomic E-state index is 13.0. The number of rotatable bonds is 38. The van der Waals surface area contributed by atoms with Crippen LogP contribution in [0.4, 0.5) is 0 Å². The van der Waals surface area contributed by atoms with Gasteiger partial charge in [-0.05, 0) is 89.9 Å². The number of allylic oxidation sites excluding steroid dienone is 16. The van der Waals surface area contributed by atoms with E-state index in [1.165, 1.54) is 12.8 Å². The van der Waals surface area contributed by atoms with Crippen molar-refractivity contribution in [2.45, 2.75) is 210 Å². The number of hydrogen-bond acceptors (Lipinski definition) is 15. The highest BCUT2D eigenvalue weighted by Crippen LogP contribution is 2.26. The maximum atomic E-state index is 13.0. The fourth-order valence-corrected chi connectivity index (χ4v) is 7.26. The molecule has 11 atom stereocenters. The highest BCUT2D eigenvalue weighted by Gasteiger charge is 2.47. The van der Waals surface area contributed by atoms with E-state index in [9.17, 15) is 45.3 Å². The molecule has 15 heteroatoms. The zero-order valence-corrected chi connectivity index (χ0v) is 42.0. The Labute approximate surface area is 417 Å². The molecule has 2 aliphatic heterocycles. The van der Waals surface area contributed by atoms with Crippen molar-refractivity contribution in [1.82, 2.24) is 0 Å². The Morgan fingerprint density at radius 2 is 0.857 bits per heavy atom. The van der Waals surface area contributed by atoms with Gasteiger partial charge in [0.25, 0.3) is 0 Å². The molecular formula is C55H88O15. The third kappa shape index (κ3) is 28.5. The molecule has 398 valence electrons. The largest absolute Gasteiger partial charge is 0.462 e. The van der Waals surface area contributed by atoms with Crippen LogP contribution < -0.4 is 0 Å². The van der Waals surface area contributed by atoms with Gasteiger partial charge >= 0.3 is 11.9 Å². The second kappa shape index (κ2) is 41.0. The summed E-state index contributed by atoms with van der Waals surface area (Å²) >= 11 is 0. The molecule has 0 bridgehead atoms. The maximum Gasteiger partial charge on any atom is 0.306 e. The fraction of sp³-hybridized carbons (Fsp3) is 0.673. The second-order valence-corrected chi connectivity index (χ2v) is 17.6. The van der Waals surface area contributed by atoms with E-state index in [2.05, 4.69) is 111 Å². The predicted octanol–water partition coefficient (Wildman–Crippen LogP) is 7.37. The fourth-order valence-electron chi connectivity index (χ4n) is 7.26. The molecule has 2 fully saturated rings. The Hall–Kier alpha value is -3.58. The van der Waals surface area contributed by atoms with Crippen LogP contribution in [-0.4, -0.2) is 142 Å². The van der Waals surface area contributed by atoms with E-state index in [0.717, 1.165) is 89.9 Å². The molecule has 2 rings (SSSR count). The van der Waals surface area contributed by atoms with Crippen LogP contribution in [0.1, 0.15) is 142 Å². The number of carbonyl (C=O) groups excluding carboxylic acids is 2. The molecular weight excluding hydrogens is 901 g/mol. The smallest absolute Gasteiger partial charge is 0.306 e. The summed E-state index contributed by atoms with van der Waals surface area (Å²) < 4.78 is 33.5. The second-order valence-electron chi connectivity index (χ2n) is 17.6. The van der Waals surface area contributed by atoms with E-state index in [1.54, 1.807) is 0 Å². The van der Waals surface area contributed by atoms with E-state index < -0.39 is 99.3 Å². The van der Waals surface area contributed by atoms with Crippen molar-refractivity contribution in [1.29, 1.82) is 0 Å². The Bertz CT molecular complexity index is 1580. The molecule has 0 radical (unpaired) electrons. The molecule has 2 saturated heterocycles. The summed E-state index contributed by atoms with van der Waals surface area (Å²) in [5.74, 6) is -1.01. The third-order valence-electron chi connectivity index (χ3n) is 11.5. The summed E-state index contributed by atoms with van der Waals surface area (Å²) in [5, 5.41) is 72.1. The van der Waals surface area contributed by atoms with Crippen LogP contribution in [0.2, 0.25) is 0 Å². The molecule has 0 aliphatic carbocycles. The average Bonchev–Trinajstić information content (AvgIpc) is 3.35. The minimum atomic E-state index is -1.78. The number of unbranched alkanes of at least 4 members (excludes halogenated alkanes) is 8. The lowest BCUT2D eigenvalue weighted by molar-refractivity contribution is -0.332. The van der Waals surface area contributed by atoms with Crippen molar-refractivity contribution < 1.29 is 73.8 Å². The quantitative estimate of drug-likeness (QED) is 0.0182. The molecule has 15 nitrogen and oxygen atoms in total. The summed E-state index contributed by atoms with van der Waals surface area (Å²) in [7, 11) is 0. The van der Waals surface area contributed by atoms with Gasteiger partial charge in [-0.3, -0.25) is 9.59 Å². The third-order valence-corrected chi connectivity index (χ3v) is 11.5. The van der Waals surface area contributed by atoms with Crippen molar-refractivity contribution >= 4 is 11.9 Å². The Morgan fingerprint density at radius 1 is 0.457 bits per heavy atom. The number of carbonyl (C=O) groups is 2. The zero-order valence-electron chi connectivity index (χ0n) is 42.0. The molecule has 7 N–H and O–H groups in total. The lowest BCUT2D eigenvalue weighted by atomic mass is 9.98. The van der Waals surface area contributed by atoms with Gasteiger partial charge < -0.3 is 64.2 Å². The number of hydrogen-bond donors (Lipinski definition) is 7. The first-order valence-electron chi connectivity index (χ1n) is 25.8. The molecule has 0 saturated carbocycles. The van der Waals surface area contributed by atoms with Gasteiger partial charge in [-0.25, -0.2) is 0 Å². The summed E-state index contributed by atoms with van der Waals surface area (Å²) in [5.41, 5.74) is 0. The van der Waals surface area contributed by atoms with Crippen LogP contribution in [0.5, 0.6) is 0 Å². The van der Waals surface area contributed by atoms with E-state index in [4.69, 9.17) is 28.4 Å². The van der Waals surface area contributed by atoms with Gasteiger partial charge in [0, 0.05) is 12.8 Å². The van der Waals surface area contributed by atoms with Crippen molar-refractivity contribution in [3.8, 4) is 0 Å². The lowest BCUT2D eigenvalue weighted by Crippen LogP contribution is -2.61. The van der Waals surface area contributed by atoms with E-state index in [0.29, 0.717) is 12.8 Å². The molecule has 0 amide bonds. The van der Waals surface area contributed by atoms with Gasteiger partial charge in [-0.15, -0.1) is 0 Å². The van der Waals surface area contributed by atoms with Crippen LogP contribution in [0.25, 0.3) is 0 Å². The Balaban J connectivity index is 1.85. The number of aliphatic hydroxyl groups excluding tert-OH is 7. The molecule has 0 aromatic rings. The minimum Gasteiger partial charge on any atom is -0.462 e. The van der Waals surface area contributed by atoms with Crippen molar-refractivity contribution in [2.75, 3.05) is 26.4 Å². The van der Waals surface area contributed by atoms with Gasteiger partial charge in [-0.1, -0.05) is 137 Å². The van der Waals surface area contributed by atoms with E-state index >= 15 is 0 Å². The summed E-state index contributed by atoms with van der Waals surface area (Å²) in [6, 6.07) is 0. The molecule has 0 aromatic carbocycles. The lowest BCUT2D eigenvalue weighted by Gasteiger charge is -2.42. The zero-order chi connectivity index (χ0) is 51.0. The summed E-state index contributed by atoms with van der Waals surface area (Å²) in [6.45, 7) is 2.36. The van der Waals surface area contributed by atoms with Gasteiger partial charge in [0.1, 0.15) is 55.4 Å². The van der Waals surface area contributed by atoms with Gasteiger partial charge in [0.05, 0.1) is 19.8 Å². The van der Waals surface area contributed by atoms with Gasteiger partial charge in [0.15, 0.2) is 18.7 Å². The standard InChI is InChI=1S/C55H88O15/c1-3-5-7-9-11-13-15-17-19-21-23-25-27-29-31-33-35-37-46(57)65-40-43(68-47(58)38-36-34-32-30-28-26-24-22-20-18-16-14-12-10-8-6-4-2)41-66-54-53(64)51(62)49(60)45(70-54)42-67-55-52(63)50(61)48(59)44(39-56)69-55/h7-10,13-16,19-22,25-28,43-45,48-56,59-64H,3-6,11-12,17-18,23-24,29-42H2,1-2H3/b9-7+,10-8+,15-13+,16-14+,21-19+,22-20+,27-25+,28-26+/t43-,44+,45+,48-,49-,50?,51?,52?,53?,54+,55+/m0/s1. The van der Waals surface area contributed by atoms with Crippen molar-refractivity contribution in [3.05, 3.63) is 97.2 Å². The molecule has 70 heavy (non-hydrogen) atoms. The SMILES string of the molecule is CCC/C=C/C/C=C/C/C=C/C/C=C/CCCCCC(=O)OC[C@@H](CO[C@@H]1O[C@H](CO[C@@H]2O[C@H](CO)[C@H](O)C(O)C2O)[C@H](O)C(O)C1O)OC(=O)CCCCC/C=C/C/C=C/C/C=C/C/C=C/CCC. The number of esters is 2. The first-order chi connectivity index (χ1) is 34.0. The van der Waals surface area contributed by atoms with Crippen LogP contribution in [0.15, 0.2) is 97.2 Å². The van der Waals surface area contributed by atoms with E-state index in [-0.39, 0.29) is 19.4 Å². The predicted molar refractivity (Wildman–Crippen MR) is 270 cm³/mol. The number of ether oxygens (including phenoxy) is 6. The van der Waals surface area contributed by atoms with Crippen LogP contribution in [0, 0.1) is 0 Å². The van der Waals surface area contributed by atoms with Crippen molar-refractivity contribution in [2.24, 2.45) is 0 Å². The monoisotopic (exact) mass is 989 g/mol. The minimum absolute atomic E-state index is 0.114. The topological polar surface area (TPSA) is 231 Å². The molecule has 2 heterocycles. The van der Waals surface area contributed by atoms with Gasteiger partial charge in [-0.2, -0.15) is 0 Å².